The van der Waals surface area contributed by atoms with Crippen molar-refractivity contribution >= 4 is 11.5 Å². The van der Waals surface area contributed by atoms with Crippen LogP contribution in [0.2, 0.25) is 0 Å². The number of piperidine rings is 1. The first-order valence-corrected chi connectivity index (χ1v) is 6.60. The van der Waals surface area contributed by atoms with Crippen LogP contribution >= 0.6 is 0 Å². The monoisotopic (exact) mass is 264 g/mol. The van der Waals surface area contributed by atoms with E-state index in [4.69, 9.17) is 0 Å². The Morgan fingerprint density at radius 1 is 1.47 bits per heavy atom. The molecule has 0 amide bonds. The predicted molar refractivity (Wildman–Crippen MR) is 74.3 cm³/mol. The minimum absolute atomic E-state index is 0.0739. The zero-order valence-corrected chi connectivity index (χ0v) is 11.4. The molecule has 6 nitrogen and oxygen atoms in total. The molecule has 0 aromatic carbocycles. The number of likely N-dealkylation sites (tertiary alicyclic amines) is 1. The van der Waals surface area contributed by atoms with Crippen LogP contribution in [0.25, 0.3) is 0 Å². The van der Waals surface area contributed by atoms with Crippen LogP contribution in [0.1, 0.15) is 18.5 Å². The fourth-order valence-electron chi connectivity index (χ4n) is 2.36. The fraction of sp³-hybridized carbons (Fsp3) is 0.615. The van der Waals surface area contributed by atoms with E-state index in [0.29, 0.717) is 11.6 Å². The molecule has 104 valence electrons. The molecule has 1 saturated heterocycles. The zero-order chi connectivity index (χ0) is 13.8. The van der Waals surface area contributed by atoms with Crippen molar-refractivity contribution in [3.8, 4) is 0 Å². The van der Waals surface area contributed by atoms with E-state index in [1.807, 2.05) is 0 Å². The fourth-order valence-corrected chi connectivity index (χ4v) is 2.36. The van der Waals surface area contributed by atoms with E-state index in [1.54, 1.807) is 13.0 Å². The smallest absolute Gasteiger partial charge is 0.290 e. The molecule has 1 aliphatic heterocycles. The van der Waals surface area contributed by atoms with Gasteiger partial charge < -0.3 is 10.2 Å². The standard InChI is InChI=1S/C13H20N4O2/c1-10-12(17(18)19)3-4-13(15-10)14-9-11-5-7-16(2)8-6-11/h3-4,11H,5-9H2,1-2H3,(H,14,15). The number of nitrogens with zero attached hydrogens (tertiary/aromatic N) is 3. The normalized spacial score (nSPS) is 17.4. The van der Waals surface area contributed by atoms with E-state index < -0.39 is 4.92 Å². The molecule has 0 spiro atoms. The molecule has 0 unspecified atom stereocenters. The molecule has 6 heteroatoms. The van der Waals surface area contributed by atoms with Gasteiger partial charge >= 0.3 is 0 Å². The molecule has 1 aromatic rings. The molecule has 1 N–H and O–H groups in total. The molecule has 0 atom stereocenters. The maximum absolute atomic E-state index is 10.7. The Hall–Kier alpha value is -1.69. The maximum atomic E-state index is 10.7. The lowest BCUT2D eigenvalue weighted by Gasteiger charge is -2.29. The van der Waals surface area contributed by atoms with Crippen LogP contribution in [0, 0.1) is 23.0 Å². The third kappa shape index (κ3) is 3.64. The van der Waals surface area contributed by atoms with E-state index in [2.05, 4.69) is 22.2 Å². The van der Waals surface area contributed by atoms with Gasteiger partial charge in [0.2, 0.25) is 0 Å². The number of hydrogen-bond acceptors (Lipinski definition) is 5. The summed E-state index contributed by atoms with van der Waals surface area (Å²) in [4.78, 5) is 16.9. The second-order valence-electron chi connectivity index (χ2n) is 5.19. The van der Waals surface area contributed by atoms with Gasteiger partial charge in [-0.25, -0.2) is 4.98 Å². The van der Waals surface area contributed by atoms with Crippen molar-refractivity contribution in [3.05, 3.63) is 27.9 Å². The van der Waals surface area contributed by atoms with Crippen LogP contribution in [0.3, 0.4) is 0 Å². The molecule has 0 saturated carbocycles. The van der Waals surface area contributed by atoms with E-state index in [9.17, 15) is 10.1 Å². The van der Waals surface area contributed by atoms with Gasteiger partial charge in [-0.05, 0) is 51.9 Å². The average molecular weight is 264 g/mol. The first-order chi connectivity index (χ1) is 9.06. The summed E-state index contributed by atoms with van der Waals surface area (Å²) < 4.78 is 0. The minimum Gasteiger partial charge on any atom is -0.370 e. The summed E-state index contributed by atoms with van der Waals surface area (Å²) in [6.07, 6.45) is 2.38. The molecular weight excluding hydrogens is 244 g/mol. The summed E-state index contributed by atoms with van der Waals surface area (Å²) >= 11 is 0. The highest BCUT2D eigenvalue weighted by molar-refractivity contribution is 5.44. The second kappa shape index (κ2) is 5.97. The number of anilines is 1. The Morgan fingerprint density at radius 3 is 2.74 bits per heavy atom. The number of nitro groups is 1. The summed E-state index contributed by atoms with van der Waals surface area (Å²) in [5, 5.41) is 14.0. The summed E-state index contributed by atoms with van der Waals surface area (Å²) in [7, 11) is 2.14. The van der Waals surface area contributed by atoms with Crippen molar-refractivity contribution in [2.45, 2.75) is 19.8 Å². The van der Waals surface area contributed by atoms with Crippen LogP contribution in [-0.2, 0) is 0 Å². The van der Waals surface area contributed by atoms with Crippen LogP contribution in [0.5, 0.6) is 0 Å². The van der Waals surface area contributed by atoms with Gasteiger partial charge in [-0.2, -0.15) is 0 Å². The number of nitrogens with one attached hydrogen (secondary N) is 1. The summed E-state index contributed by atoms with van der Waals surface area (Å²) in [6, 6.07) is 3.19. The van der Waals surface area contributed by atoms with Gasteiger partial charge in [-0.1, -0.05) is 0 Å². The highest BCUT2D eigenvalue weighted by Crippen LogP contribution is 2.20. The molecule has 1 fully saturated rings. The van der Waals surface area contributed by atoms with Gasteiger partial charge in [-0.15, -0.1) is 0 Å². The quantitative estimate of drug-likeness (QED) is 0.665. The molecule has 0 radical (unpaired) electrons. The van der Waals surface area contributed by atoms with Gasteiger partial charge in [0, 0.05) is 12.6 Å². The molecule has 19 heavy (non-hydrogen) atoms. The first-order valence-electron chi connectivity index (χ1n) is 6.60. The third-order valence-electron chi connectivity index (χ3n) is 3.66. The van der Waals surface area contributed by atoms with Gasteiger partial charge in [0.1, 0.15) is 11.5 Å². The van der Waals surface area contributed by atoms with E-state index in [1.165, 1.54) is 18.9 Å². The molecule has 2 heterocycles. The number of rotatable bonds is 4. The number of aromatic nitrogens is 1. The van der Waals surface area contributed by atoms with Crippen molar-refractivity contribution in [1.82, 2.24) is 9.88 Å². The Morgan fingerprint density at radius 2 is 2.16 bits per heavy atom. The van der Waals surface area contributed by atoms with Crippen molar-refractivity contribution in [2.75, 3.05) is 32.0 Å². The number of aryl methyl sites for hydroxylation is 1. The third-order valence-corrected chi connectivity index (χ3v) is 3.66. The molecule has 0 bridgehead atoms. The SMILES string of the molecule is Cc1nc(NCC2CCN(C)CC2)ccc1[N+](=O)[O-]. The Labute approximate surface area is 113 Å². The molecule has 1 aliphatic rings. The van der Waals surface area contributed by atoms with Gasteiger partial charge in [-0.3, -0.25) is 10.1 Å². The van der Waals surface area contributed by atoms with Gasteiger partial charge in [0.05, 0.1) is 4.92 Å². The number of pyridine rings is 1. The van der Waals surface area contributed by atoms with Crippen LogP contribution in [-0.4, -0.2) is 41.5 Å². The van der Waals surface area contributed by atoms with E-state index in [-0.39, 0.29) is 5.69 Å². The van der Waals surface area contributed by atoms with Crippen molar-refractivity contribution < 1.29 is 4.92 Å². The van der Waals surface area contributed by atoms with Crippen molar-refractivity contribution in [3.63, 3.8) is 0 Å². The van der Waals surface area contributed by atoms with Crippen molar-refractivity contribution in [2.24, 2.45) is 5.92 Å². The molecule has 2 rings (SSSR count). The van der Waals surface area contributed by atoms with Crippen LogP contribution < -0.4 is 5.32 Å². The molecular formula is C13H20N4O2. The summed E-state index contributed by atoms with van der Waals surface area (Å²) in [5.74, 6) is 1.38. The lowest BCUT2D eigenvalue weighted by molar-refractivity contribution is -0.385. The lowest BCUT2D eigenvalue weighted by atomic mass is 9.97. The zero-order valence-electron chi connectivity index (χ0n) is 11.4. The molecule has 0 aliphatic carbocycles. The topological polar surface area (TPSA) is 71.3 Å². The Bertz CT molecular complexity index is 456. The van der Waals surface area contributed by atoms with Crippen molar-refractivity contribution in [1.29, 1.82) is 0 Å². The van der Waals surface area contributed by atoms with Crippen LogP contribution in [0.4, 0.5) is 11.5 Å². The van der Waals surface area contributed by atoms with Gasteiger partial charge in [0.25, 0.3) is 5.69 Å². The van der Waals surface area contributed by atoms with E-state index >= 15 is 0 Å². The van der Waals surface area contributed by atoms with Crippen LogP contribution in [0.15, 0.2) is 12.1 Å². The summed E-state index contributed by atoms with van der Waals surface area (Å²) in [5.41, 5.74) is 0.531. The average Bonchev–Trinajstić information content (AvgIpc) is 2.37. The maximum Gasteiger partial charge on any atom is 0.290 e. The largest absolute Gasteiger partial charge is 0.370 e. The number of hydrogen-bond donors (Lipinski definition) is 1. The highest BCUT2D eigenvalue weighted by Gasteiger charge is 2.17. The lowest BCUT2D eigenvalue weighted by Crippen LogP contribution is -2.33. The highest BCUT2D eigenvalue weighted by atomic mass is 16.6. The minimum atomic E-state index is -0.400. The van der Waals surface area contributed by atoms with E-state index in [0.717, 1.165) is 25.5 Å². The Balaban J connectivity index is 1.89. The second-order valence-corrected chi connectivity index (χ2v) is 5.19. The summed E-state index contributed by atoms with van der Waals surface area (Å²) in [6.45, 7) is 4.83. The first kappa shape index (κ1) is 13.7. The predicted octanol–water partition coefficient (Wildman–Crippen LogP) is 2.05. The van der Waals surface area contributed by atoms with Gasteiger partial charge in [0.15, 0.2) is 0 Å². The molecule has 1 aromatic heterocycles. The Kier molecular flexibility index (Phi) is 4.31.